The molecule has 7 nitrogen and oxygen atoms in total. The van der Waals surface area contributed by atoms with Crippen molar-refractivity contribution in [2.24, 2.45) is 5.14 Å². The van der Waals surface area contributed by atoms with E-state index in [0.29, 0.717) is 5.13 Å². The number of hydrogen-bond donors (Lipinski definition) is 2. The summed E-state index contributed by atoms with van der Waals surface area (Å²) in [4.78, 5) is 9.24. The number of nitrogens with one attached hydrogen (secondary N) is 1. The number of rotatable bonds is 4. The van der Waals surface area contributed by atoms with Crippen molar-refractivity contribution < 1.29 is 8.42 Å². The van der Waals surface area contributed by atoms with Crippen LogP contribution in [0.25, 0.3) is 16.9 Å². The Balaban J connectivity index is 1.63. The summed E-state index contributed by atoms with van der Waals surface area (Å²) in [5.41, 5.74) is 2.65. The van der Waals surface area contributed by atoms with Gasteiger partial charge in [0.15, 0.2) is 10.9 Å². The van der Waals surface area contributed by atoms with Crippen LogP contribution >= 0.6 is 11.3 Å². The maximum absolute atomic E-state index is 11.3. The third kappa shape index (κ3) is 3.07. The second-order valence-corrected chi connectivity index (χ2v) is 8.11. The molecular formula is C17H15N5O2S2. The Morgan fingerprint density at radius 1 is 1.08 bits per heavy atom. The number of anilines is 2. The molecule has 0 saturated carbocycles. The van der Waals surface area contributed by atoms with E-state index >= 15 is 0 Å². The van der Waals surface area contributed by atoms with Crippen LogP contribution in [-0.2, 0) is 10.0 Å². The van der Waals surface area contributed by atoms with Crippen LogP contribution in [0.15, 0.2) is 58.8 Å². The summed E-state index contributed by atoms with van der Waals surface area (Å²) in [5.74, 6) is 1.64. The zero-order chi connectivity index (χ0) is 18.3. The number of sulfonamides is 1. The minimum atomic E-state index is -3.69. The molecule has 3 N–H and O–H groups in total. The molecule has 0 aliphatic rings. The molecule has 4 rings (SSSR count). The number of imidazole rings is 1. The van der Waals surface area contributed by atoms with E-state index in [-0.39, 0.29) is 4.90 Å². The highest BCUT2D eigenvalue weighted by Gasteiger charge is 2.12. The molecular weight excluding hydrogens is 370 g/mol. The summed E-state index contributed by atoms with van der Waals surface area (Å²) in [7, 11) is -3.69. The molecule has 26 heavy (non-hydrogen) atoms. The van der Waals surface area contributed by atoms with Gasteiger partial charge in [-0.3, -0.25) is 4.57 Å². The van der Waals surface area contributed by atoms with Crippen molar-refractivity contribution in [1.29, 1.82) is 0 Å². The first kappa shape index (κ1) is 16.7. The second kappa shape index (κ2) is 6.20. The van der Waals surface area contributed by atoms with Crippen molar-refractivity contribution >= 4 is 43.2 Å². The van der Waals surface area contributed by atoms with E-state index in [0.717, 1.165) is 28.4 Å². The Kier molecular flexibility index (Phi) is 3.98. The standard InChI is InChI=1S/C17H15N5O2S2/c1-11-19-14-4-2-3-5-15(14)22(11)16-10-25-17(21-16)20-12-6-8-13(9-7-12)26(18,23)24/h2-10H,1H3,(H,20,21)(H2,18,23,24). The maximum Gasteiger partial charge on any atom is 0.238 e. The van der Waals surface area contributed by atoms with Crippen molar-refractivity contribution in [3.8, 4) is 5.82 Å². The summed E-state index contributed by atoms with van der Waals surface area (Å²) in [6.45, 7) is 1.94. The molecule has 4 aromatic rings. The molecule has 2 heterocycles. The van der Waals surface area contributed by atoms with Gasteiger partial charge < -0.3 is 5.32 Å². The van der Waals surface area contributed by atoms with Gasteiger partial charge >= 0.3 is 0 Å². The average molecular weight is 385 g/mol. The van der Waals surface area contributed by atoms with Gasteiger partial charge in [-0.1, -0.05) is 12.1 Å². The van der Waals surface area contributed by atoms with Crippen LogP contribution in [0, 0.1) is 6.92 Å². The van der Waals surface area contributed by atoms with Gasteiger partial charge in [0.1, 0.15) is 5.82 Å². The first-order valence-electron chi connectivity index (χ1n) is 7.72. The molecule has 132 valence electrons. The summed E-state index contributed by atoms with van der Waals surface area (Å²) >= 11 is 1.46. The van der Waals surface area contributed by atoms with Crippen molar-refractivity contribution in [3.05, 3.63) is 59.7 Å². The Morgan fingerprint density at radius 2 is 1.81 bits per heavy atom. The predicted molar refractivity (Wildman–Crippen MR) is 103 cm³/mol. The molecule has 0 atom stereocenters. The van der Waals surface area contributed by atoms with Crippen molar-refractivity contribution in [2.75, 3.05) is 5.32 Å². The zero-order valence-electron chi connectivity index (χ0n) is 13.7. The van der Waals surface area contributed by atoms with Crippen LogP contribution in [0.4, 0.5) is 10.8 Å². The molecule has 0 saturated heterocycles. The molecule has 0 aliphatic carbocycles. The monoisotopic (exact) mass is 385 g/mol. The number of aromatic nitrogens is 3. The molecule has 0 unspecified atom stereocenters. The van der Waals surface area contributed by atoms with E-state index in [2.05, 4.69) is 15.3 Å². The number of primary sulfonamides is 1. The number of fused-ring (bicyclic) bond motifs is 1. The SMILES string of the molecule is Cc1nc2ccccc2n1-c1csc(Nc2ccc(S(N)(=O)=O)cc2)n1. The van der Waals surface area contributed by atoms with Crippen molar-refractivity contribution in [1.82, 2.24) is 14.5 Å². The zero-order valence-corrected chi connectivity index (χ0v) is 15.4. The summed E-state index contributed by atoms with van der Waals surface area (Å²) in [6, 6.07) is 14.1. The Bertz CT molecular complexity index is 1190. The molecule has 0 fully saturated rings. The number of nitrogens with zero attached hydrogens (tertiary/aromatic N) is 3. The third-order valence-electron chi connectivity index (χ3n) is 3.88. The first-order valence-corrected chi connectivity index (χ1v) is 10.1. The van der Waals surface area contributed by atoms with Crippen molar-refractivity contribution in [3.63, 3.8) is 0 Å². The minimum Gasteiger partial charge on any atom is -0.331 e. The fourth-order valence-corrected chi connectivity index (χ4v) is 3.93. The third-order valence-corrected chi connectivity index (χ3v) is 5.56. The topological polar surface area (TPSA) is 103 Å². The van der Waals surface area contributed by atoms with Gasteiger partial charge in [-0.15, -0.1) is 11.3 Å². The van der Waals surface area contributed by atoms with Gasteiger partial charge in [0.05, 0.1) is 15.9 Å². The number of thiazole rings is 1. The number of aryl methyl sites for hydroxylation is 1. The second-order valence-electron chi connectivity index (χ2n) is 5.69. The largest absolute Gasteiger partial charge is 0.331 e. The first-order chi connectivity index (χ1) is 12.4. The molecule has 0 aliphatic heterocycles. The number of para-hydroxylation sites is 2. The van der Waals surface area contributed by atoms with Crippen molar-refractivity contribution in [2.45, 2.75) is 11.8 Å². The molecule has 2 aromatic heterocycles. The van der Waals surface area contributed by atoms with Crippen LogP contribution in [0.1, 0.15) is 5.82 Å². The lowest BCUT2D eigenvalue weighted by Crippen LogP contribution is -2.11. The van der Waals surface area contributed by atoms with Crippen LogP contribution in [-0.4, -0.2) is 23.0 Å². The Hall–Kier alpha value is -2.75. The predicted octanol–water partition coefficient (Wildman–Crippen LogP) is 3.18. The average Bonchev–Trinajstić information content (AvgIpc) is 3.17. The van der Waals surface area contributed by atoms with E-state index < -0.39 is 10.0 Å². The summed E-state index contributed by atoms with van der Waals surface area (Å²) < 4.78 is 24.6. The summed E-state index contributed by atoms with van der Waals surface area (Å²) in [5, 5.41) is 10.9. The molecule has 0 amide bonds. The van der Waals surface area contributed by atoms with Gasteiger partial charge in [0.2, 0.25) is 10.0 Å². The lowest BCUT2D eigenvalue weighted by molar-refractivity contribution is 0.598. The number of benzene rings is 2. The quantitative estimate of drug-likeness (QED) is 0.562. The molecule has 0 spiro atoms. The van der Waals surface area contributed by atoms with Gasteiger partial charge in [0.25, 0.3) is 0 Å². The smallest absolute Gasteiger partial charge is 0.238 e. The normalized spacial score (nSPS) is 11.8. The summed E-state index contributed by atoms with van der Waals surface area (Å²) in [6.07, 6.45) is 0. The van der Waals surface area contributed by atoms with Crippen LogP contribution in [0.5, 0.6) is 0 Å². The van der Waals surface area contributed by atoms with E-state index in [4.69, 9.17) is 5.14 Å². The van der Waals surface area contributed by atoms with Crippen LogP contribution in [0.3, 0.4) is 0 Å². The molecule has 0 radical (unpaired) electrons. The maximum atomic E-state index is 11.3. The molecule has 9 heteroatoms. The van der Waals surface area contributed by atoms with Gasteiger partial charge in [-0.2, -0.15) is 0 Å². The fraction of sp³-hybridized carbons (Fsp3) is 0.0588. The van der Waals surface area contributed by atoms with Gasteiger partial charge in [-0.25, -0.2) is 23.5 Å². The van der Waals surface area contributed by atoms with Gasteiger partial charge in [-0.05, 0) is 43.3 Å². The van der Waals surface area contributed by atoms with E-state index in [1.54, 1.807) is 12.1 Å². The van der Waals surface area contributed by atoms with E-state index in [1.165, 1.54) is 23.5 Å². The van der Waals surface area contributed by atoms with Crippen LogP contribution in [0.2, 0.25) is 0 Å². The lowest BCUT2D eigenvalue weighted by Gasteiger charge is -2.04. The van der Waals surface area contributed by atoms with E-state index in [1.807, 2.05) is 41.1 Å². The Morgan fingerprint density at radius 3 is 2.54 bits per heavy atom. The number of nitrogens with two attached hydrogens (primary N) is 1. The minimum absolute atomic E-state index is 0.0726. The highest BCUT2D eigenvalue weighted by atomic mass is 32.2. The number of hydrogen-bond acceptors (Lipinski definition) is 6. The lowest BCUT2D eigenvalue weighted by atomic mass is 10.3. The molecule has 2 aromatic carbocycles. The van der Waals surface area contributed by atoms with Gasteiger partial charge in [0, 0.05) is 11.1 Å². The van der Waals surface area contributed by atoms with E-state index in [9.17, 15) is 8.42 Å². The Labute approximate surface area is 154 Å². The fourth-order valence-electron chi connectivity index (χ4n) is 2.71. The highest BCUT2D eigenvalue weighted by molar-refractivity contribution is 7.89. The van der Waals surface area contributed by atoms with Crippen LogP contribution < -0.4 is 10.5 Å². The highest BCUT2D eigenvalue weighted by Crippen LogP contribution is 2.27. The molecule has 0 bridgehead atoms.